The summed E-state index contributed by atoms with van der Waals surface area (Å²) in [6, 6.07) is 0.698. The fourth-order valence-corrected chi connectivity index (χ4v) is 4.72. The van der Waals surface area contributed by atoms with Gasteiger partial charge in [0, 0.05) is 24.5 Å². The quantitative estimate of drug-likeness (QED) is 0.834. The summed E-state index contributed by atoms with van der Waals surface area (Å²) in [5.41, 5.74) is 0. The van der Waals surface area contributed by atoms with Gasteiger partial charge in [0.25, 0.3) is 0 Å². The van der Waals surface area contributed by atoms with Gasteiger partial charge in [-0.3, -0.25) is 4.90 Å². The van der Waals surface area contributed by atoms with E-state index < -0.39 is 0 Å². The van der Waals surface area contributed by atoms with Crippen molar-refractivity contribution in [2.75, 3.05) is 19.6 Å². The Balaban J connectivity index is 1.32. The first-order valence-electron chi connectivity index (χ1n) is 11.2. The Labute approximate surface area is 168 Å². The number of amides is 2. The molecule has 28 heavy (non-hydrogen) atoms. The lowest BCUT2D eigenvalue weighted by Gasteiger charge is -2.40. The molecule has 156 valence electrons. The van der Waals surface area contributed by atoms with E-state index in [-0.39, 0.29) is 12.1 Å². The first-order valence-corrected chi connectivity index (χ1v) is 11.2. The van der Waals surface area contributed by atoms with Gasteiger partial charge in [0.05, 0.1) is 6.54 Å². The highest BCUT2D eigenvalue weighted by Crippen LogP contribution is 2.39. The number of carbonyl (C=O) groups is 1. The van der Waals surface area contributed by atoms with Crippen molar-refractivity contribution >= 4 is 6.03 Å². The van der Waals surface area contributed by atoms with E-state index in [1.165, 1.54) is 25.7 Å². The summed E-state index contributed by atoms with van der Waals surface area (Å²) in [6.45, 7) is 7.82. The van der Waals surface area contributed by atoms with E-state index in [1.54, 1.807) is 0 Å². The standard InChI is InChI=1S/C21H35N5O2/c1-15(2)22-21(27)26-11-5-3-4-6-18(26)16-9-12-25(13-10-16)14-19-23-24-20(28-19)17-7-8-17/h15-18H,3-14H2,1-2H3,(H,22,27). The topological polar surface area (TPSA) is 74.5 Å². The first-order chi connectivity index (χ1) is 13.6. The van der Waals surface area contributed by atoms with Gasteiger partial charge in [0.2, 0.25) is 11.8 Å². The summed E-state index contributed by atoms with van der Waals surface area (Å²) in [5, 5.41) is 11.6. The molecule has 0 aromatic carbocycles. The van der Waals surface area contributed by atoms with Crippen LogP contribution in [0.15, 0.2) is 4.42 Å². The van der Waals surface area contributed by atoms with E-state index in [2.05, 4.69) is 25.3 Å². The van der Waals surface area contributed by atoms with E-state index in [1.807, 2.05) is 13.8 Å². The van der Waals surface area contributed by atoms with Gasteiger partial charge in [-0.15, -0.1) is 10.2 Å². The third-order valence-corrected chi connectivity index (χ3v) is 6.42. The molecule has 7 nitrogen and oxygen atoms in total. The molecule has 3 heterocycles. The smallest absolute Gasteiger partial charge is 0.317 e. The second kappa shape index (κ2) is 8.80. The highest BCUT2D eigenvalue weighted by molar-refractivity contribution is 5.74. The molecule has 2 amide bonds. The van der Waals surface area contributed by atoms with Crippen LogP contribution in [0.5, 0.6) is 0 Å². The van der Waals surface area contributed by atoms with Crippen LogP contribution in [0.3, 0.4) is 0 Å². The van der Waals surface area contributed by atoms with Crippen LogP contribution >= 0.6 is 0 Å². The monoisotopic (exact) mass is 389 g/mol. The van der Waals surface area contributed by atoms with E-state index >= 15 is 0 Å². The van der Waals surface area contributed by atoms with Crippen molar-refractivity contribution in [1.82, 2.24) is 25.3 Å². The molecule has 2 aliphatic heterocycles. The van der Waals surface area contributed by atoms with Crippen molar-refractivity contribution in [3.8, 4) is 0 Å². The van der Waals surface area contributed by atoms with Crippen molar-refractivity contribution in [2.45, 2.75) is 89.8 Å². The van der Waals surface area contributed by atoms with E-state index in [9.17, 15) is 4.79 Å². The second-order valence-electron chi connectivity index (χ2n) is 9.14. The molecule has 1 saturated carbocycles. The van der Waals surface area contributed by atoms with Gasteiger partial charge in [-0.25, -0.2) is 4.79 Å². The zero-order valence-corrected chi connectivity index (χ0v) is 17.4. The van der Waals surface area contributed by atoms with Crippen LogP contribution in [0, 0.1) is 5.92 Å². The SMILES string of the molecule is CC(C)NC(=O)N1CCCCCC1C1CCN(Cc2nnc(C3CC3)o2)CC1. The molecule has 1 N–H and O–H groups in total. The van der Waals surface area contributed by atoms with E-state index in [0.29, 0.717) is 17.9 Å². The molecule has 3 fully saturated rings. The Morgan fingerprint density at radius 3 is 2.57 bits per heavy atom. The average Bonchev–Trinajstić information content (AvgIpc) is 3.46. The van der Waals surface area contributed by atoms with Gasteiger partial charge in [0.1, 0.15) is 0 Å². The molecule has 1 unspecified atom stereocenters. The highest BCUT2D eigenvalue weighted by atomic mass is 16.4. The molecular formula is C21H35N5O2. The average molecular weight is 390 g/mol. The number of hydrogen-bond acceptors (Lipinski definition) is 5. The Kier molecular flexibility index (Phi) is 6.19. The zero-order chi connectivity index (χ0) is 19.5. The molecule has 0 bridgehead atoms. The molecule has 1 aliphatic carbocycles. The van der Waals surface area contributed by atoms with Gasteiger partial charge >= 0.3 is 6.03 Å². The van der Waals surface area contributed by atoms with E-state index in [0.717, 1.165) is 63.6 Å². The molecule has 0 radical (unpaired) electrons. The summed E-state index contributed by atoms with van der Waals surface area (Å²) in [5.74, 6) is 2.70. The molecule has 1 atom stereocenters. The maximum Gasteiger partial charge on any atom is 0.317 e. The Morgan fingerprint density at radius 2 is 1.86 bits per heavy atom. The molecule has 3 aliphatic rings. The number of carbonyl (C=O) groups excluding carboxylic acids is 1. The van der Waals surface area contributed by atoms with Crippen LogP contribution in [0.4, 0.5) is 4.79 Å². The molecule has 1 aromatic rings. The maximum absolute atomic E-state index is 12.8. The minimum atomic E-state index is 0.128. The predicted octanol–water partition coefficient (Wildman–Crippen LogP) is 3.52. The lowest BCUT2D eigenvalue weighted by atomic mass is 9.86. The fourth-order valence-electron chi connectivity index (χ4n) is 4.72. The maximum atomic E-state index is 12.8. The highest BCUT2D eigenvalue weighted by Gasteiger charge is 2.34. The minimum absolute atomic E-state index is 0.128. The van der Waals surface area contributed by atoms with Gasteiger partial charge in [-0.05, 0) is 71.4 Å². The summed E-state index contributed by atoms with van der Waals surface area (Å²) < 4.78 is 5.83. The molecule has 7 heteroatoms. The van der Waals surface area contributed by atoms with Crippen molar-refractivity contribution in [3.05, 3.63) is 11.8 Å². The summed E-state index contributed by atoms with van der Waals surface area (Å²) in [6.07, 6.45) is 9.40. The van der Waals surface area contributed by atoms with Crippen LogP contribution in [0.1, 0.15) is 82.9 Å². The van der Waals surface area contributed by atoms with Crippen LogP contribution < -0.4 is 5.32 Å². The number of nitrogens with one attached hydrogen (secondary N) is 1. The number of aromatic nitrogens is 2. The van der Waals surface area contributed by atoms with E-state index in [4.69, 9.17) is 4.42 Å². The van der Waals surface area contributed by atoms with Gasteiger partial charge in [-0.2, -0.15) is 0 Å². The van der Waals surface area contributed by atoms with Crippen molar-refractivity contribution < 1.29 is 9.21 Å². The third-order valence-electron chi connectivity index (χ3n) is 6.42. The van der Waals surface area contributed by atoms with Crippen LogP contribution in [0.25, 0.3) is 0 Å². The number of nitrogens with zero attached hydrogens (tertiary/aromatic N) is 4. The number of likely N-dealkylation sites (tertiary alicyclic amines) is 2. The Bertz CT molecular complexity index is 649. The van der Waals surface area contributed by atoms with Gasteiger partial charge in [-0.1, -0.05) is 12.8 Å². The van der Waals surface area contributed by atoms with Crippen LogP contribution in [0.2, 0.25) is 0 Å². The fraction of sp³-hybridized carbons (Fsp3) is 0.857. The predicted molar refractivity (Wildman–Crippen MR) is 107 cm³/mol. The summed E-state index contributed by atoms with van der Waals surface area (Å²) in [7, 11) is 0. The van der Waals surface area contributed by atoms with Crippen LogP contribution in [-0.2, 0) is 6.54 Å². The number of rotatable bonds is 5. The normalized spacial score (nSPS) is 25.1. The van der Waals surface area contributed by atoms with Gasteiger partial charge in [0.15, 0.2) is 0 Å². The lowest BCUT2D eigenvalue weighted by Crippen LogP contribution is -2.52. The molecule has 1 aromatic heterocycles. The Hall–Kier alpha value is -1.63. The second-order valence-corrected chi connectivity index (χ2v) is 9.14. The molecule has 4 rings (SSSR count). The summed E-state index contributed by atoms with van der Waals surface area (Å²) >= 11 is 0. The first kappa shape index (κ1) is 19.7. The minimum Gasteiger partial charge on any atom is -0.424 e. The number of urea groups is 1. The number of hydrogen-bond donors (Lipinski definition) is 1. The summed E-state index contributed by atoms with van der Waals surface area (Å²) in [4.78, 5) is 17.3. The van der Waals surface area contributed by atoms with Crippen molar-refractivity contribution in [3.63, 3.8) is 0 Å². The van der Waals surface area contributed by atoms with Crippen LogP contribution in [-0.4, -0.2) is 57.7 Å². The number of piperidine rings is 1. The van der Waals surface area contributed by atoms with Crippen molar-refractivity contribution in [1.29, 1.82) is 0 Å². The molecular weight excluding hydrogens is 354 g/mol. The molecule has 2 saturated heterocycles. The third kappa shape index (κ3) is 4.85. The van der Waals surface area contributed by atoms with Crippen molar-refractivity contribution in [2.24, 2.45) is 5.92 Å². The zero-order valence-electron chi connectivity index (χ0n) is 17.4. The largest absolute Gasteiger partial charge is 0.424 e. The molecule has 0 spiro atoms. The van der Waals surface area contributed by atoms with Gasteiger partial charge < -0.3 is 14.6 Å². The Morgan fingerprint density at radius 1 is 1.07 bits per heavy atom. The lowest BCUT2D eigenvalue weighted by molar-refractivity contribution is 0.0936.